The van der Waals surface area contributed by atoms with E-state index in [9.17, 15) is 4.79 Å². The summed E-state index contributed by atoms with van der Waals surface area (Å²) in [7, 11) is 3.17. The topological polar surface area (TPSA) is 57.2 Å². The Morgan fingerprint density at radius 3 is 2.43 bits per heavy atom. The highest BCUT2D eigenvalue weighted by Crippen LogP contribution is 2.42. The van der Waals surface area contributed by atoms with Gasteiger partial charge in [0.2, 0.25) is 5.79 Å². The van der Waals surface area contributed by atoms with Crippen LogP contribution in [-0.2, 0) is 18.9 Å². The molecule has 1 amide bonds. The van der Waals surface area contributed by atoms with E-state index >= 15 is 0 Å². The van der Waals surface area contributed by atoms with Gasteiger partial charge in [0.1, 0.15) is 18.2 Å². The second-order valence-corrected chi connectivity index (χ2v) is 6.74. The number of carbonyl (C=O) groups is 1. The first-order chi connectivity index (χ1) is 9.78. The van der Waals surface area contributed by atoms with Gasteiger partial charge in [0.25, 0.3) is 0 Å². The van der Waals surface area contributed by atoms with Gasteiger partial charge in [-0.15, -0.1) is 0 Å². The van der Waals surface area contributed by atoms with Gasteiger partial charge in [-0.05, 0) is 27.2 Å². The molecule has 0 saturated carbocycles. The number of likely N-dealkylation sites (tertiary alicyclic amines) is 1. The standard InChI is InChI=1S/C15H27NO5/c1-7-10-8-16(13(17)21-14(2,3)4)12-11(10)20-9-15(12,18-5)19-6/h10-12H,7-9H2,1-6H3/t10?,11-,12+/m1/s1. The van der Waals surface area contributed by atoms with E-state index in [4.69, 9.17) is 18.9 Å². The van der Waals surface area contributed by atoms with Crippen molar-refractivity contribution in [1.82, 2.24) is 4.90 Å². The Hall–Kier alpha value is -0.850. The Kier molecular flexibility index (Phi) is 4.52. The highest BCUT2D eigenvalue weighted by Gasteiger charge is 2.61. The van der Waals surface area contributed by atoms with Crippen molar-refractivity contribution in [3.63, 3.8) is 0 Å². The molecule has 2 fully saturated rings. The van der Waals surface area contributed by atoms with Gasteiger partial charge < -0.3 is 18.9 Å². The predicted molar refractivity (Wildman–Crippen MR) is 77.0 cm³/mol. The largest absolute Gasteiger partial charge is 0.444 e. The molecular formula is C15H27NO5. The molecule has 2 heterocycles. The van der Waals surface area contributed by atoms with Crippen molar-refractivity contribution in [1.29, 1.82) is 0 Å². The van der Waals surface area contributed by atoms with E-state index in [1.54, 1.807) is 19.1 Å². The fourth-order valence-electron chi connectivity index (χ4n) is 3.23. The molecule has 2 rings (SSSR count). The van der Waals surface area contributed by atoms with Crippen LogP contribution in [0.4, 0.5) is 4.79 Å². The van der Waals surface area contributed by atoms with Crippen LogP contribution in [0, 0.1) is 5.92 Å². The quantitative estimate of drug-likeness (QED) is 0.746. The molecule has 0 N–H and O–H groups in total. The number of carbonyl (C=O) groups excluding carboxylic acids is 1. The minimum Gasteiger partial charge on any atom is -0.444 e. The number of rotatable bonds is 3. The molecule has 0 spiro atoms. The Labute approximate surface area is 126 Å². The summed E-state index contributed by atoms with van der Waals surface area (Å²) in [6.07, 6.45) is 0.532. The minimum absolute atomic E-state index is 0.0672. The monoisotopic (exact) mass is 301 g/mol. The first kappa shape index (κ1) is 16.5. The molecule has 2 aliphatic rings. The summed E-state index contributed by atoms with van der Waals surface area (Å²) in [5.41, 5.74) is -0.529. The third kappa shape index (κ3) is 2.89. The second-order valence-electron chi connectivity index (χ2n) is 6.74. The smallest absolute Gasteiger partial charge is 0.410 e. The molecule has 2 aliphatic heterocycles. The van der Waals surface area contributed by atoms with Crippen LogP contribution in [0.25, 0.3) is 0 Å². The van der Waals surface area contributed by atoms with Crippen molar-refractivity contribution < 1.29 is 23.7 Å². The summed E-state index contributed by atoms with van der Waals surface area (Å²) in [5.74, 6) is -0.638. The number of hydrogen-bond acceptors (Lipinski definition) is 5. The minimum atomic E-state index is -0.911. The fourth-order valence-corrected chi connectivity index (χ4v) is 3.23. The Morgan fingerprint density at radius 2 is 1.95 bits per heavy atom. The van der Waals surface area contributed by atoms with Crippen molar-refractivity contribution in [2.45, 2.75) is 57.6 Å². The van der Waals surface area contributed by atoms with Crippen LogP contribution in [0.5, 0.6) is 0 Å². The van der Waals surface area contributed by atoms with E-state index in [1.807, 2.05) is 20.8 Å². The van der Waals surface area contributed by atoms with E-state index in [1.165, 1.54) is 0 Å². The lowest BCUT2D eigenvalue weighted by molar-refractivity contribution is -0.224. The normalized spacial score (nSPS) is 31.3. The number of fused-ring (bicyclic) bond motifs is 1. The molecule has 6 heteroatoms. The lowest BCUT2D eigenvalue weighted by Gasteiger charge is -2.36. The Morgan fingerprint density at radius 1 is 1.33 bits per heavy atom. The molecule has 0 aromatic rings. The molecular weight excluding hydrogens is 274 g/mol. The number of methoxy groups -OCH3 is 2. The highest BCUT2D eigenvalue weighted by molar-refractivity contribution is 5.69. The molecule has 1 unspecified atom stereocenters. The summed E-state index contributed by atoms with van der Waals surface area (Å²) in [6.45, 7) is 8.62. The van der Waals surface area contributed by atoms with Crippen LogP contribution < -0.4 is 0 Å². The zero-order valence-electron chi connectivity index (χ0n) is 13.8. The second kappa shape index (κ2) is 5.74. The molecule has 0 aromatic carbocycles. The maximum atomic E-state index is 12.5. The first-order valence-electron chi connectivity index (χ1n) is 7.49. The van der Waals surface area contributed by atoms with E-state index in [0.717, 1.165) is 6.42 Å². The van der Waals surface area contributed by atoms with Crippen LogP contribution in [0.3, 0.4) is 0 Å². The molecule has 0 radical (unpaired) electrons. The fraction of sp³-hybridized carbons (Fsp3) is 0.933. The summed E-state index contributed by atoms with van der Waals surface area (Å²) < 4.78 is 22.6. The number of hydrogen-bond donors (Lipinski definition) is 0. The van der Waals surface area contributed by atoms with Gasteiger partial charge in [-0.3, -0.25) is 4.90 Å². The maximum absolute atomic E-state index is 12.5. The number of ether oxygens (including phenoxy) is 4. The molecule has 2 saturated heterocycles. The predicted octanol–water partition coefficient (Wildman–Crippen LogP) is 2.02. The van der Waals surface area contributed by atoms with Crippen molar-refractivity contribution >= 4 is 6.09 Å². The SMILES string of the molecule is CCC1CN(C(=O)OC(C)(C)C)[C@H]2[C@@H]1OCC2(OC)OC. The maximum Gasteiger partial charge on any atom is 0.410 e. The Bertz CT molecular complexity index is 388. The van der Waals surface area contributed by atoms with Crippen molar-refractivity contribution in [2.24, 2.45) is 5.92 Å². The van der Waals surface area contributed by atoms with Gasteiger partial charge in [0, 0.05) is 26.7 Å². The Balaban J connectivity index is 2.26. The van der Waals surface area contributed by atoms with Crippen LogP contribution >= 0.6 is 0 Å². The van der Waals surface area contributed by atoms with Gasteiger partial charge in [-0.25, -0.2) is 4.79 Å². The van der Waals surface area contributed by atoms with Gasteiger partial charge in [0.05, 0.1) is 6.10 Å². The summed E-state index contributed by atoms with van der Waals surface area (Å²) in [5, 5.41) is 0. The van der Waals surface area contributed by atoms with E-state index in [0.29, 0.717) is 13.2 Å². The van der Waals surface area contributed by atoms with Crippen molar-refractivity contribution in [3.05, 3.63) is 0 Å². The highest BCUT2D eigenvalue weighted by atomic mass is 16.7. The average molecular weight is 301 g/mol. The number of amides is 1. The van der Waals surface area contributed by atoms with Gasteiger partial charge in [-0.1, -0.05) is 6.92 Å². The lowest BCUT2D eigenvalue weighted by Crippen LogP contribution is -2.55. The van der Waals surface area contributed by atoms with Gasteiger partial charge in [0.15, 0.2) is 0 Å². The van der Waals surface area contributed by atoms with Crippen LogP contribution in [0.2, 0.25) is 0 Å². The third-order valence-corrected chi connectivity index (χ3v) is 4.31. The van der Waals surface area contributed by atoms with E-state index in [-0.39, 0.29) is 24.2 Å². The molecule has 0 aliphatic carbocycles. The summed E-state index contributed by atoms with van der Waals surface area (Å²) in [4.78, 5) is 14.2. The summed E-state index contributed by atoms with van der Waals surface area (Å²) in [6, 6.07) is -0.271. The van der Waals surface area contributed by atoms with Gasteiger partial charge >= 0.3 is 6.09 Å². The van der Waals surface area contributed by atoms with E-state index < -0.39 is 11.4 Å². The molecule has 122 valence electrons. The zero-order chi connectivity index (χ0) is 15.8. The van der Waals surface area contributed by atoms with Crippen LogP contribution in [-0.4, -0.2) is 61.9 Å². The zero-order valence-corrected chi connectivity index (χ0v) is 13.8. The van der Waals surface area contributed by atoms with E-state index in [2.05, 4.69) is 6.92 Å². The lowest BCUT2D eigenvalue weighted by atomic mass is 9.97. The summed E-state index contributed by atoms with van der Waals surface area (Å²) >= 11 is 0. The molecule has 6 nitrogen and oxygen atoms in total. The van der Waals surface area contributed by atoms with Crippen molar-refractivity contribution in [3.8, 4) is 0 Å². The molecule has 0 bridgehead atoms. The first-order valence-corrected chi connectivity index (χ1v) is 7.49. The molecule has 21 heavy (non-hydrogen) atoms. The van der Waals surface area contributed by atoms with Crippen LogP contribution in [0.1, 0.15) is 34.1 Å². The average Bonchev–Trinajstić information content (AvgIpc) is 2.94. The van der Waals surface area contributed by atoms with Gasteiger partial charge in [-0.2, -0.15) is 0 Å². The van der Waals surface area contributed by atoms with Crippen LogP contribution in [0.15, 0.2) is 0 Å². The molecule has 0 aromatic heterocycles. The van der Waals surface area contributed by atoms with Crippen molar-refractivity contribution in [2.75, 3.05) is 27.4 Å². The third-order valence-electron chi connectivity index (χ3n) is 4.31. The molecule has 3 atom stereocenters. The number of nitrogens with zero attached hydrogens (tertiary/aromatic N) is 1.